The summed E-state index contributed by atoms with van der Waals surface area (Å²) in [6.45, 7) is 3.73. The average Bonchev–Trinajstić information content (AvgIpc) is 2.47. The maximum atomic E-state index is 11.4. The smallest absolute Gasteiger partial charge is 0.217 e. The SMILES string of the molecule is CC(=O)NC1CCC(c2cccc(C)c2)c2ccccc21. The van der Waals surface area contributed by atoms with Gasteiger partial charge in [0.1, 0.15) is 0 Å². The highest BCUT2D eigenvalue weighted by Crippen LogP contribution is 2.41. The number of benzene rings is 2. The lowest BCUT2D eigenvalue weighted by atomic mass is 9.76. The first-order valence-electron chi connectivity index (χ1n) is 7.57. The fraction of sp³-hybridized carbons (Fsp3) is 0.316. The maximum Gasteiger partial charge on any atom is 0.217 e. The zero-order chi connectivity index (χ0) is 14.8. The Morgan fingerprint density at radius 2 is 1.81 bits per heavy atom. The minimum Gasteiger partial charge on any atom is -0.350 e. The van der Waals surface area contributed by atoms with Gasteiger partial charge in [-0.25, -0.2) is 0 Å². The van der Waals surface area contributed by atoms with E-state index in [4.69, 9.17) is 0 Å². The Bertz CT molecular complexity index is 662. The van der Waals surface area contributed by atoms with Crippen molar-refractivity contribution in [3.8, 4) is 0 Å². The number of rotatable bonds is 2. The fourth-order valence-electron chi connectivity index (χ4n) is 3.42. The van der Waals surface area contributed by atoms with Gasteiger partial charge in [0.2, 0.25) is 5.91 Å². The van der Waals surface area contributed by atoms with Crippen molar-refractivity contribution in [1.82, 2.24) is 5.32 Å². The van der Waals surface area contributed by atoms with Crippen LogP contribution < -0.4 is 5.32 Å². The van der Waals surface area contributed by atoms with E-state index in [9.17, 15) is 4.79 Å². The van der Waals surface area contributed by atoms with E-state index in [1.807, 2.05) is 0 Å². The Labute approximate surface area is 126 Å². The summed E-state index contributed by atoms with van der Waals surface area (Å²) in [7, 11) is 0. The maximum absolute atomic E-state index is 11.4. The number of aryl methyl sites for hydroxylation is 1. The summed E-state index contributed by atoms with van der Waals surface area (Å²) >= 11 is 0. The van der Waals surface area contributed by atoms with E-state index < -0.39 is 0 Å². The molecule has 1 aliphatic carbocycles. The van der Waals surface area contributed by atoms with Gasteiger partial charge < -0.3 is 5.32 Å². The average molecular weight is 279 g/mol. The van der Waals surface area contributed by atoms with Crippen LogP contribution in [0.2, 0.25) is 0 Å². The van der Waals surface area contributed by atoms with Crippen molar-refractivity contribution in [1.29, 1.82) is 0 Å². The molecule has 0 aliphatic heterocycles. The summed E-state index contributed by atoms with van der Waals surface area (Å²) in [5.74, 6) is 0.481. The summed E-state index contributed by atoms with van der Waals surface area (Å²) in [5, 5.41) is 3.08. The number of hydrogen-bond donors (Lipinski definition) is 1. The largest absolute Gasteiger partial charge is 0.350 e. The monoisotopic (exact) mass is 279 g/mol. The van der Waals surface area contributed by atoms with Crippen molar-refractivity contribution in [3.63, 3.8) is 0 Å². The van der Waals surface area contributed by atoms with Crippen LogP contribution in [0.1, 0.15) is 54.0 Å². The van der Waals surface area contributed by atoms with Crippen LogP contribution >= 0.6 is 0 Å². The van der Waals surface area contributed by atoms with Crippen molar-refractivity contribution >= 4 is 5.91 Å². The number of hydrogen-bond acceptors (Lipinski definition) is 1. The lowest BCUT2D eigenvalue weighted by Crippen LogP contribution is -2.30. The molecule has 2 aromatic carbocycles. The summed E-state index contributed by atoms with van der Waals surface area (Å²) in [5.41, 5.74) is 5.30. The molecule has 1 amide bonds. The van der Waals surface area contributed by atoms with Gasteiger partial charge in [0.25, 0.3) is 0 Å². The molecule has 0 saturated carbocycles. The Morgan fingerprint density at radius 1 is 1.05 bits per heavy atom. The molecular formula is C19H21NO. The quantitative estimate of drug-likeness (QED) is 0.881. The van der Waals surface area contributed by atoms with E-state index in [1.54, 1.807) is 6.92 Å². The van der Waals surface area contributed by atoms with E-state index in [1.165, 1.54) is 22.3 Å². The molecule has 0 aromatic heterocycles. The van der Waals surface area contributed by atoms with Gasteiger partial charge in [-0.2, -0.15) is 0 Å². The molecule has 2 heteroatoms. The molecule has 108 valence electrons. The van der Waals surface area contributed by atoms with E-state index in [-0.39, 0.29) is 11.9 Å². The van der Waals surface area contributed by atoms with Crippen molar-refractivity contribution in [2.24, 2.45) is 0 Å². The summed E-state index contributed by atoms with van der Waals surface area (Å²) in [6, 6.07) is 17.4. The lowest BCUT2D eigenvalue weighted by molar-refractivity contribution is -0.119. The Hall–Kier alpha value is -2.09. The van der Waals surface area contributed by atoms with Crippen LogP contribution in [0.5, 0.6) is 0 Å². The second-order valence-corrected chi connectivity index (χ2v) is 5.93. The number of carbonyl (C=O) groups excluding carboxylic acids is 1. The highest BCUT2D eigenvalue weighted by atomic mass is 16.1. The standard InChI is InChI=1S/C19H21NO/c1-13-6-5-7-15(12-13)16-10-11-19(20-14(2)21)18-9-4-3-8-17(16)18/h3-9,12,16,19H,10-11H2,1-2H3,(H,20,21). The molecule has 2 nitrogen and oxygen atoms in total. The van der Waals surface area contributed by atoms with Crippen LogP contribution in [0, 0.1) is 6.92 Å². The molecule has 0 saturated heterocycles. The Balaban J connectivity index is 2.00. The van der Waals surface area contributed by atoms with Crippen LogP contribution in [-0.4, -0.2) is 5.91 Å². The highest BCUT2D eigenvalue weighted by molar-refractivity contribution is 5.73. The van der Waals surface area contributed by atoms with E-state index in [0.29, 0.717) is 5.92 Å². The van der Waals surface area contributed by atoms with Crippen molar-refractivity contribution in [3.05, 3.63) is 70.8 Å². The fourth-order valence-corrected chi connectivity index (χ4v) is 3.42. The van der Waals surface area contributed by atoms with Crippen molar-refractivity contribution < 1.29 is 4.79 Å². The second kappa shape index (κ2) is 5.72. The van der Waals surface area contributed by atoms with Crippen LogP contribution in [0.4, 0.5) is 0 Å². The zero-order valence-electron chi connectivity index (χ0n) is 12.6. The number of amides is 1. The summed E-state index contributed by atoms with van der Waals surface area (Å²) in [4.78, 5) is 11.4. The molecule has 1 N–H and O–H groups in total. The molecule has 0 fully saturated rings. The van der Waals surface area contributed by atoms with Gasteiger partial charge in [-0.15, -0.1) is 0 Å². The first-order valence-corrected chi connectivity index (χ1v) is 7.57. The molecule has 0 heterocycles. The van der Waals surface area contributed by atoms with Crippen LogP contribution in [0.25, 0.3) is 0 Å². The van der Waals surface area contributed by atoms with Gasteiger partial charge in [0.15, 0.2) is 0 Å². The first-order chi connectivity index (χ1) is 10.1. The Kier molecular flexibility index (Phi) is 3.78. The molecule has 0 bridgehead atoms. The molecule has 0 radical (unpaired) electrons. The minimum absolute atomic E-state index is 0.0452. The first kappa shape index (κ1) is 13.9. The van der Waals surface area contributed by atoms with E-state index in [0.717, 1.165) is 12.8 Å². The molecule has 2 unspecified atom stereocenters. The van der Waals surface area contributed by atoms with Crippen LogP contribution in [-0.2, 0) is 4.79 Å². The third kappa shape index (κ3) is 2.85. The molecule has 2 atom stereocenters. The van der Waals surface area contributed by atoms with E-state index in [2.05, 4.69) is 60.8 Å². The van der Waals surface area contributed by atoms with Gasteiger partial charge in [-0.05, 0) is 36.5 Å². The third-order valence-corrected chi connectivity index (χ3v) is 4.31. The van der Waals surface area contributed by atoms with E-state index >= 15 is 0 Å². The molecule has 3 rings (SSSR count). The number of fused-ring (bicyclic) bond motifs is 1. The molecular weight excluding hydrogens is 258 g/mol. The predicted molar refractivity (Wildman–Crippen MR) is 85.3 cm³/mol. The van der Waals surface area contributed by atoms with Gasteiger partial charge in [0, 0.05) is 12.8 Å². The molecule has 1 aliphatic rings. The topological polar surface area (TPSA) is 29.1 Å². The number of carbonyl (C=O) groups is 1. The second-order valence-electron chi connectivity index (χ2n) is 5.93. The van der Waals surface area contributed by atoms with Crippen molar-refractivity contribution in [2.75, 3.05) is 0 Å². The molecule has 0 spiro atoms. The lowest BCUT2D eigenvalue weighted by Gasteiger charge is -2.32. The normalized spacial score (nSPS) is 20.7. The van der Waals surface area contributed by atoms with Gasteiger partial charge in [0.05, 0.1) is 6.04 Å². The van der Waals surface area contributed by atoms with Crippen molar-refractivity contribution in [2.45, 2.75) is 38.6 Å². The van der Waals surface area contributed by atoms with Crippen LogP contribution in [0.3, 0.4) is 0 Å². The molecule has 2 aromatic rings. The number of nitrogens with one attached hydrogen (secondary N) is 1. The van der Waals surface area contributed by atoms with Gasteiger partial charge in [-0.1, -0.05) is 54.1 Å². The van der Waals surface area contributed by atoms with Crippen LogP contribution in [0.15, 0.2) is 48.5 Å². The van der Waals surface area contributed by atoms with Gasteiger partial charge >= 0.3 is 0 Å². The summed E-state index contributed by atoms with van der Waals surface area (Å²) < 4.78 is 0. The Morgan fingerprint density at radius 3 is 2.52 bits per heavy atom. The highest BCUT2D eigenvalue weighted by Gasteiger charge is 2.28. The molecule has 21 heavy (non-hydrogen) atoms. The predicted octanol–water partition coefficient (Wildman–Crippen LogP) is 4.10. The van der Waals surface area contributed by atoms with Gasteiger partial charge in [-0.3, -0.25) is 4.79 Å². The zero-order valence-corrected chi connectivity index (χ0v) is 12.6. The summed E-state index contributed by atoms with van der Waals surface area (Å²) in [6.07, 6.45) is 2.07. The third-order valence-electron chi connectivity index (χ3n) is 4.31. The minimum atomic E-state index is 0.0452.